The van der Waals surface area contributed by atoms with Crippen LogP contribution in [0.1, 0.15) is 11.1 Å². The summed E-state index contributed by atoms with van der Waals surface area (Å²) in [7, 11) is 0. The summed E-state index contributed by atoms with van der Waals surface area (Å²) in [4.78, 5) is 0. The number of rotatable bonds is 2. The lowest BCUT2D eigenvalue weighted by Gasteiger charge is -2.02. The number of nitriles is 2. The fourth-order valence-electron chi connectivity index (χ4n) is 1.48. The minimum absolute atomic E-state index is 0.223. The van der Waals surface area contributed by atoms with Gasteiger partial charge in [-0.2, -0.15) is 15.6 Å². The Hall–Kier alpha value is -3.18. The Bertz CT molecular complexity index is 705. The number of hydrogen-bond acceptors (Lipinski definition) is 5. The molecule has 5 heteroatoms. The summed E-state index contributed by atoms with van der Waals surface area (Å²) in [5.41, 5.74) is 7.56. The van der Waals surface area contributed by atoms with Gasteiger partial charge in [0.1, 0.15) is 11.8 Å². The summed E-state index contributed by atoms with van der Waals surface area (Å²) >= 11 is 0. The van der Waals surface area contributed by atoms with Gasteiger partial charge in [-0.05, 0) is 24.3 Å². The molecule has 0 amide bonds. The molecule has 90 valence electrons. The lowest BCUT2D eigenvalue weighted by Crippen LogP contribution is -1.92. The number of azo groups is 1. The van der Waals surface area contributed by atoms with Gasteiger partial charge in [0.15, 0.2) is 0 Å². The fourth-order valence-corrected chi connectivity index (χ4v) is 1.48. The van der Waals surface area contributed by atoms with E-state index in [2.05, 4.69) is 10.2 Å². The molecule has 2 rings (SSSR count). The highest BCUT2D eigenvalue weighted by molar-refractivity contribution is 5.72. The van der Waals surface area contributed by atoms with Crippen molar-refractivity contribution in [2.75, 3.05) is 5.73 Å². The average molecular weight is 247 g/mol. The van der Waals surface area contributed by atoms with Crippen LogP contribution in [0.2, 0.25) is 0 Å². The largest absolute Gasteiger partial charge is 0.396 e. The van der Waals surface area contributed by atoms with Crippen molar-refractivity contribution in [3.05, 3.63) is 53.6 Å². The molecule has 0 aliphatic heterocycles. The van der Waals surface area contributed by atoms with Gasteiger partial charge in [0.2, 0.25) is 0 Å². The van der Waals surface area contributed by atoms with E-state index >= 15 is 0 Å². The van der Waals surface area contributed by atoms with Crippen LogP contribution in [0.5, 0.6) is 0 Å². The second-order valence-electron chi connectivity index (χ2n) is 3.72. The summed E-state index contributed by atoms with van der Waals surface area (Å²) in [5, 5.41) is 25.8. The molecule has 0 aromatic heterocycles. The zero-order valence-electron chi connectivity index (χ0n) is 9.91. The van der Waals surface area contributed by atoms with Crippen LogP contribution in [0.3, 0.4) is 0 Å². The van der Waals surface area contributed by atoms with E-state index < -0.39 is 0 Å². The van der Waals surface area contributed by atoms with E-state index in [0.29, 0.717) is 16.9 Å². The van der Waals surface area contributed by atoms with E-state index in [1.54, 1.807) is 12.1 Å². The van der Waals surface area contributed by atoms with Gasteiger partial charge in [-0.25, -0.2) is 0 Å². The van der Waals surface area contributed by atoms with Crippen LogP contribution in [0.15, 0.2) is 52.7 Å². The van der Waals surface area contributed by atoms with Gasteiger partial charge in [0, 0.05) is 0 Å². The lowest BCUT2D eigenvalue weighted by atomic mass is 10.1. The van der Waals surface area contributed by atoms with Crippen molar-refractivity contribution in [3.63, 3.8) is 0 Å². The third kappa shape index (κ3) is 2.74. The number of benzene rings is 2. The average Bonchev–Trinajstić information content (AvgIpc) is 2.47. The Morgan fingerprint density at radius 3 is 2.32 bits per heavy atom. The maximum absolute atomic E-state index is 8.94. The number of nitrogen functional groups attached to an aromatic ring is 1. The van der Waals surface area contributed by atoms with Gasteiger partial charge in [0.05, 0.1) is 28.6 Å². The van der Waals surface area contributed by atoms with Crippen molar-refractivity contribution in [2.45, 2.75) is 0 Å². The Morgan fingerprint density at radius 2 is 1.68 bits per heavy atom. The van der Waals surface area contributed by atoms with E-state index in [9.17, 15) is 0 Å². The molecular weight excluding hydrogens is 238 g/mol. The third-order valence-corrected chi connectivity index (χ3v) is 2.44. The molecule has 19 heavy (non-hydrogen) atoms. The molecule has 0 fully saturated rings. The smallest absolute Gasteiger partial charge is 0.111 e. The van der Waals surface area contributed by atoms with Crippen LogP contribution >= 0.6 is 0 Å². The molecule has 5 nitrogen and oxygen atoms in total. The van der Waals surface area contributed by atoms with Crippen LogP contribution in [-0.4, -0.2) is 0 Å². The highest BCUT2D eigenvalue weighted by atomic mass is 15.1. The molecule has 0 saturated carbocycles. The number of nitrogens with two attached hydrogens (primary N) is 1. The van der Waals surface area contributed by atoms with Crippen LogP contribution < -0.4 is 5.73 Å². The second kappa shape index (κ2) is 5.44. The summed E-state index contributed by atoms with van der Waals surface area (Å²) in [6.45, 7) is 0. The Kier molecular flexibility index (Phi) is 3.51. The van der Waals surface area contributed by atoms with Gasteiger partial charge in [-0.15, -0.1) is 5.11 Å². The van der Waals surface area contributed by atoms with Gasteiger partial charge >= 0.3 is 0 Å². The number of hydrogen-bond donors (Lipinski definition) is 1. The molecule has 0 radical (unpaired) electrons. The standard InChI is InChI=1S/C14H9N5/c15-8-10-6-11(9-16)14(17)13(7-10)19-18-12-4-2-1-3-5-12/h1-7H,17H2. The molecule has 0 saturated heterocycles. The molecule has 2 N–H and O–H groups in total. The molecular formula is C14H9N5. The van der Waals surface area contributed by atoms with Crippen LogP contribution in [0, 0.1) is 22.7 Å². The van der Waals surface area contributed by atoms with Crippen molar-refractivity contribution >= 4 is 17.1 Å². The van der Waals surface area contributed by atoms with Crippen LogP contribution in [0.25, 0.3) is 0 Å². The maximum Gasteiger partial charge on any atom is 0.111 e. The molecule has 0 unspecified atom stereocenters. The minimum Gasteiger partial charge on any atom is -0.396 e. The summed E-state index contributed by atoms with van der Waals surface area (Å²) in [5.74, 6) is 0. The summed E-state index contributed by atoms with van der Waals surface area (Å²) in [6.07, 6.45) is 0. The van der Waals surface area contributed by atoms with Crippen molar-refractivity contribution in [2.24, 2.45) is 10.2 Å². The van der Waals surface area contributed by atoms with Crippen molar-refractivity contribution < 1.29 is 0 Å². The van der Waals surface area contributed by atoms with Crippen molar-refractivity contribution in [1.29, 1.82) is 10.5 Å². The highest BCUT2D eigenvalue weighted by Crippen LogP contribution is 2.28. The molecule has 0 bridgehead atoms. The maximum atomic E-state index is 8.94. The van der Waals surface area contributed by atoms with Crippen molar-refractivity contribution in [1.82, 2.24) is 0 Å². The molecule has 2 aromatic carbocycles. The van der Waals surface area contributed by atoms with E-state index in [0.717, 1.165) is 0 Å². The van der Waals surface area contributed by atoms with Gasteiger partial charge in [-0.1, -0.05) is 18.2 Å². The summed E-state index contributed by atoms with van der Waals surface area (Å²) in [6, 6.07) is 15.9. The molecule has 0 atom stereocenters. The minimum atomic E-state index is 0.223. The zero-order valence-corrected chi connectivity index (χ0v) is 9.91. The summed E-state index contributed by atoms with van der Waals surface area (Å²) < 4.78 is 0. The first-order valence-electron chi connectivity index (χ1n) is 5.45. The third-order valence-electron chi connectivity index (χ3n) is 2.44. The number of nitrogens with zero attached hydrogens (tertiary/aromatic N) is 4. The highest BCUT2D eigenvalue weighted by Gasteiger charge is 2.07. The fraction of sp³-hybridized carbons (Fsp3) is 0. The molecule has 0 aliphatic rings. The normalized spacial score (nSPS) is 10.0. The van der Waals surface area contributed by atoms with Gasteiger partial charge < -0.3 is 5.73 Å². The molecule has 2 aromatic rings. The molecule has 0 aliphatic carbocycles. The Balaban J connectivity index is 2.44. The molecule has 0 heterocycles. The lowest BCUT2D eigenvalue weighted by molar-refractivity contribution is 1.23. The van der Waals surface area contributed by atoms with E-state index in [4.69, 9.17) is 16.3 Å². The van der Waals surface area contributed by atoms with Gasteiger partial charge in [-0.3, -0.25) is 0 Å². The van der Waals surface area contributed by atoms with Crippen LogP contribution in [0.4, 0.5) is 17.1 Å². The Morgan fingerprint density at radius 1 is 0.947 bits per heavy atom. The molecule has 0 spiro atoms. The predicted octanol–water partition coefficient (Wildman–Crippen LogP) is 3.43. The van der Waals surface area contributed by atoms with Gasteiger partial charge in [0.25, 0.3) is 0 Å². The number of anilines is 1. The zero-order chi connectivity index (χ0) is 13.7. The first kappa shape index (κ1) is 12.3. The topological polar surface area (TPSA) is 98.3 Å². The first-order valence-corrected chi connectivity index (χ1v) is 5.45. The SMILES string of the molecule is N#Cc1cc(C#N)c(N)c(N=Nc2ccccc2)c1. The predicted molar refractivity (Wildman–Crippen MR) is 70.9 cm³/mol. The first-order chi connectivity index (χ1) is 9.24. The van der Waals surface area contributed by atoms with E-state index in [1.807, 2.05) is 30.3 Å². The quantitative estimate of drug-likeness (QED) is 0.650. The van der Waals surface area contributed by atoms with E-state index in [-0.39, 0.29) is 11.3 Å². The second-order valence-corrected chi connectivity index (χ2v) is 3.72. The van der Waals surface area contributed by atoms with E-state index in [1.165, 1.54) is 12.1 Å². The van der Waals surface area contributed by atoms with Crippen molar-refractivity contribution in [3.8, 4) is 12.1 Å². The van der Waals surface area contributed by atoms with Crippen LogP contribution in [-0.2, 0) is 0 Å². The Labute approximate surface area is 110 Å². The monoisotopic (exact) mass is 247 g/mol.